The minimum atomic E-state index is 0.496. The topological polar surface area (TPSA) is 3.01 Å². The lowest BCUT2D eigenvalue weighted by Crippen LogP contribution is -2.62. The SMILES string of the molecule is CC1=C2C[C@@]34CN5C[C@@]56CCC[C@H]6CC#CC[C@]35CCC[C@H]4C[C@@H](C)[C@]25CC1. The molecule has 0 aromatic carbocycles. The first kappa shape index (κ1) is 17.0. The summed E-state index contributed by atoms with van der Waals surface area (Å²) in [5, 5.41) is 0. The van der Waals surface area contributed by atoms with Crippen LogP contribution in [0.5, 0.6) is 0 Å². The zero-order chi connectivity index (χ0) is 18.8. The molecule has 2 heterocycles. The lowest BCUT2D eigenvalue weighted by Gasteiger charge is -2.66. The largest absolute Gasteiger partial charge is 0.294 e. The van der Waals surface area contributed by atoms with Crippen molar-refractivity contribution >= 4 is 0 Å². The van der Waals surface area contributed by atoms with Gasteiger partial charge in [0.1, 0.15) is 0 Å². The molecule has 2 spiro atoms. The highest BCUT2D eigenvalue weighted by Crippen LogP contribution is 2.83. The van der Waals surface area contributed by atoms with Gasteiger partial charge in [-0.05, 0) is 86.9 Å². The van der Waals surface area contributed by atoms with E-state index in [0.29, 0.717) is 21.8 Å². The average Bonchev–Trinajstić information content (AvgIpc) is 2.94. The van der Waals surface area contributed by atoms with Crippen LogP contribution in [-0.4, -0.2) is 23.5 Å². The van der Waals surface area contributed by atoms with Crippen molar-refractivity contribution in [2.24, 2.45) is 34.0 Å². The highest BCUT2D eigenvalue weighted by Gasteiger charge is 2.78. The van der Waals surface area contributed by atoms with Crippen LogP contribution >= 0.6 is 0 Å². The summed E-state index contributed by atoms with van der Waals surface area (Å²) >= 11 is 0. The maximum Gasteiger partial charge on any atom is 0.0374 e. The fourth-order valence-electron chi connectivity index (χ4n) is 10.8. The Morgan fingerprint density at radius 2 is 1.86 bits per heavy atom. The van der Waals surface area contributed by atoms with Gasteiger partial charge in [-0.3, -0.25) is 4.90 Å². The molecule has 5 aliphatic carbocycles. The molecule has 0 aromatic rings. The van der Waals surface area contributed by atoms with E-state index in [0.717, 1.165) is 17.8 Å². The Morgan fingerprint density at radius 3 is 2.79 bits per heavy atom. The summed E-state index contributed by atoms with van der Waals surface area (Å²) in [6, 6.07) is 0. The second-order valence-electron chi connectivity index (χ2n) is 12.2. The maximum atomic E-state index is 3.90. The Kier molecular flexibility index (Phi) is 3.10. The summed E-state index contributed by atoms with van der Waals surface area (Å²) < 4.78 is 0. The van der Waals surface area contributed by atoms with E-state index in [4.69, 9.17) is 0 Å². The Morgan fingerprint density at radius 1 is 1.00 bits per heavy atom. The summed E-state index contributed by atoms with van der Waals surface area (Å²) in [4.78, 5) is 3.02. The van der Waals surface area contributed by atoms with Crippen LogP contribution in [0.15, 0.2) is 11.1 Å². The monoisotopic (exact) mass is 375 g/mol. The molecule has 1 heteroatoms. The highest BCUT2D eigenvalue weighted by molar-refractivity contribution is 5.44. The molecule has 7 aliphatic rings. The van der Waals surface area contributed by atoms with Crippen LogP contribution in [0.3, 0.4) is 0 Å². The van der Waals surface area contributed by atoms with Crippen LogP contribution in [0.1, 0.15) is 90.9 Å². The lowest BCUT2D eigenvalue weighted by molar-refractivity contribution is -0.168. The van der Waals surface area contributed by atoms with Crippen molar-refractivity contribution in [3.63, 3.8) is 0 Å². The third-order valence-corrected chi connectivity index (χ3v) is 11.9. The van der Waals surface area contributed by atoms with Gasteiger partial charge in [0.05, 0.1) is 0 Å². The summed E-state index contributed by atoms with van der Waals surface area (Å²) in [7, 11) is 0. The second-order valence-corrected chi connectivity index (χ2v) is 12.2. The van der Waals surface area contributed by atoms with Gasteiger partial charge in [0.25, 0.3) is 0 Å². The van der Waals surface area contributed by atoms with Crippen molar-refractivity contribution in [2.45, 2.75) is 96.4 Å². The molecule has 0 aromatic heterocycles. The Labute approximate surface area is 171 Å². The van der Waals surface area contributed by atoms with E-state index >= 15 is 0 Å². The van der Waals surface area contributed by atoms with Gasteiger partial charge in [0.15, 0.2) is 0 Å². The van der Waals surface area contributed by atoms with E-state index in [1.807, 2.05) is 5.57 Å². The van der Waals surface area contributed by atoms with Crippen LogP contribution in [0.4, 0.5) is 0 Å². The fourth-order valence-corrected chi connectivity index (χ4v) is 10.8. The third-order valence-electron chi connectivity index (χ3n) is 11.9. The van der Waals surface area contributed by atoms with Crippen molar-refractivity contribution in [3.05, 3.63) is 11.1 Å². The smallest absolute Gasteiger partial charge is 0.0374 e. The second kappa shape index (κ2) is 5.11. The van der Waals surface area contributed by atoms with Gasteiger partial charge in [-0.15, -0.1) is 11.8 Å². The minimum absolute atomic E-state index is 0.496. The van der Waals surface area contributed by atoms with Gasteiger partial charge < -0.3 is 0 Å². The Hall–Kier alpha value is -0.740. The van der Waals surface area contributed by atoms with Crippen LogP contribution < -0.4 is 0 Å². The Balaban J connectivity index is 1.45. The van der Waals surface area contributed by atoms with Crippen LogP contribution in [0, 0.1) is 45.8 Å². The van der Waals surface area contributed by atoms with E-state index in [-0.39, 0.29) is 0 Å². The lowest BCUT2D eigenvalue weighted by atomic mass is 9.38. The normalized spacial score (nSPS) is 58.2. The molecule has 150 valence electrons. The first-order valence-electron chi connectivity index (χ1n) is 12.5. The number of allylic oxidation sites excluding steroid dienone is 2. The van der Waals surface area contributed by atoms with E-state index in [1.165, 1.54) is 90.1 Å². The average molecular weight is 376 g/mol. The van der Waals surface area contributed by atoms with Gasteiger partial charge in [-0.25, -0.2) is 0 Å². The minimum Gasteiger partial charge on any atom is -0.294 e. The quantitative estimate of drug-likeness (QED) is 0.287. The standard InChI is InChI=1S/C27H37N/c1-19-10-14-27-20(2)15-22-9-6-13-26(27)12-4-3-7-21-8-5-11-25(21)18-28(25)17-24(22,26)16-23(19)27/h20-22H,5-18H2,1-2H3/t20-,21-,22+,24+,25-,26+,27-,28?/m1/s1. The summed E-state index contributed by atoms with van der Waals surface area (Å²) in [5.41, 5.74) is 5.90. The van der Waals surface area contributed by atoms with E-state index in [2.05, 4.69) is 30.6 Å². The van der Waals surface area contributed by atoms with Gasteiger partial charge in [0, 0.05) is 36.9 Å². The van der Waals surface area contributed by atoms with E-state index in [9.17, 15) is 0 Å². The van der Waals surface area contributed by atoms with Gasteiger partial charge in [0.2, 0.25) is 0 Å². The predicted octanol–water partition coefficient (Wildman–Crippen LogP) is 5.95. The summed E-state index contributed by atoms with van der Waals surface area (Å²) in [6.07, 6.45) is 17.0. The molecule has 4 saturated carbocycles. The molecule has 0 radical (unpaired) electrons. The van der Waals surface area contributed by atoms with Gasteiger partial charge >= 0.3 is 0 Å². The number of hydrogen-bond donors (Lipinski definition) is 0. The van der Waals surface area contributed by atoms with Crippen molar-refractivity contribution in [3.8, 4) is 11.8 Å². The van der Waals surface area contributed by atoms with Crippen molar-refractivity contribution in [1.82, 2.24) is 4.90 Å². The molecule has 1 unspecified atom stereocenters. The molecular formula is C27H37N. The zero-order valence-electron chi connectivity index (χ0n) is 18.1. The summed E-state index contributed by atoms with van der Waals surface area (Å²) in [6.45, 7) is 7.98. The van der Waals surface area contributed by atoms with Gasteiger partial charge in [-0.2, -0.15) is 0 Å². The molecule has 5 fully saturated rings. The van der Waals surface area contributed by atoms with Crippen molar-refractivity contribution in [1.29, 1.82) is 0 Å². The van der Waals surface area contributed by atoms with E-state index < -0.39 is 0 Å². The maximum absolute atomic E-state index is 3.90. The van der Waals surface area contributed by atoms with Crippen molar-refractivity contribution < 1.29 is 0 Å². The molecule has 1 saturated heterocycles. The molecule has 1 nitrogen and oxygen atoms in total. The molecule has 8 atom stereocenters. The first-order chi connectivity index (χ1) is 13.6. The number of rotatable bonds is 0. The molecule has 0 amide bonds. The van der Waals surface area contributed by atoms with Crippen LogP contribution in [0.25, 0.3) is 0 Å². The highest BCUT2D eigenvalue weighted by atomic mass is 15.4. The molecule has 28 heavy (non-hydrogen) atoms. The molecular weight excluding hydrogens is 338 g/mol. The Bertz CT molecular complexity index is 842. The summed E-state index contributed by atoms with van der Waals surface area (Å²) in [5.74, 6) is 10.4. The molecule has 0 N–H and O–H groups in total. The van der Waals surface area contributed by atoms with Gasteiger partial charge in [-0.1, -0.05) is 30.9 Å². The predicted molar refractivity (Wildman–Crippen MR) is 114 cm³/mol. The molecule has 2 aliphatic heterocycles. The van der Waals surface area contributed by atoms with Crippen molar-refractivity contribution in [2.75, 3.05) is 13.1 Å². The first-order valence-corrected chi connectivity index (χ1v) is 12.5. The van der Waals surface area contributed by atoms with E-state index in [1.54, 1.807) is 5.57 Å². The number of nitrogens with zero attached hydrogens (tertiary/aromatic N) is 1. The third kappa shape index (κ3) is 1.60. The molecule has 7 rings (SSSR count). The zero-order valence-corrected chi connectivity index (χ0v) is 18.1. The number of hydrogen-bond acceptors (Lipinski definition) is 1. The fraction of sp³-hybridized carbons (Fsp3) is 0.852. The van der Waals surface area contributed by atoms with Crippen LogP contribution in [-0.2, 0) is 0 Å². The molecule has 4 bridgehead atoms. The van der Waals surface area contributed by atoms with Crippen LogP contribution in [0.2, 0.25) is 0 Å².